The Morgan fingerprint density at radius 2 is 1.34 bits per heavy atom. The molecule has 0 aromatic heterocycles. The number of halogens is 4. The third-order valence-corrected chi connectivity index (χ3v) is 7.63. The van der Waals surface area contributed by atoms with Gasteiger partial charge in [-0.15, -0.1) is 0 Å². The summed E-state index contributed by atoms with van der Waals surface area (Å²) in [5.74, 6) is -2.81. The lowest BCUT2D eigenvalue weighted by Crippen LogP contribution is -2.30. The summed E-state index contributed by atoms with van der Waals surface area (Å²) in [6.45, 7) is 0. The lowest BCUT2D eigenvalue weighted by Gasteiger charge is -2.20. The topological polar surface area (TPSA) is 90.0 Å². The molecule has 0 saturated carbocycles. The minimum Gasteiger partial charge on any atom is -0.496 e. The van der Waals surface area contributed by atoms with Gasteiger partial charge in [-0.25, -0.2) is 9.69 Å². The van der Waals surface area contributed by atoms with Gasteiger partial charge in [0.25, 0.3) is 11.8 Å². The van der Waals surface area contributed by atoms with Crippen molar-refractivity contribution in [1.29, 1.82) is 0 Å². The van der Waals surface area contributed by atoms with Crippen LogP contribution < -0.4 is 9.64 Å². The average Bonchev–Trinajstić information content (AvgIpc) is 3.20. The first-order valence-corrected chi connectivity index (χ1v) is 13.4. The Bertz CT molecular complexity index is 1680. The second kappa shape index (κ2) is 11.5. The number of benzene rings is 4. The second-order valence-corrected chi connectivity index (χ2v) is 10.5. The van der Waals surface area contributed by atoms with Crippen LogP contribution in [0.1, 0.15) is 53.1 Å². The molecule has 4 aromatic carbocycles. The number of imide groups is 1. The van der Waals surface area contributed by atoms with Gasteiger partial charge in [0.15, 0.2) is 6.10 Å². The number of carbonyl (C=O) groups excluding carboxylic acids is 4. The number of esters is 1. The number of methoxy groups -OCH3 is 1. The number of hydrogen-bond acceptors (Lipinski definition) is 6. The number of anilines is 1. The van der Waals surface area contributed by atoms with E-state index in [9.17, 15) is 19.2 Å². The fourth-order valence-electron chi connectivity index (χ4n) is 4.33. The maximum atomic E-state index is 13.5. The van der Waals surface area contributed by atoms with Gasteiger partial charge in [0, 0.05) is 22.2 Å². The minimum absolute atomic E-state index is 0.0321. The van der Waals surface area contributed by atoms with Crippen LogP contribution in [0.25, 0.3) is 0 Å². The van der Waals surface area contributed by atoms with Crippen LogP contribution in [0.5, 0.6) is 5.75 Å². The molecule has 41 heavy (non-hydrogen) atoms. The largest absolute Gasteiger partial charge is 0.496 e. The Morgan fingerprint density at radius 1 is 0.756 bits per heavy atom. The maximum Gasteiger partial charge on any atom is 0.343 e. The van der Waals surface area contributed by atoms with Crippen molar-refractivity contribution in [3.63, 3.8) is 0 Å². The normalized spacial score (nSPS) is 13.1. The molecule has 1 aliphatic rings. The first kappa shape index (κ1) is 28.6. The van der Waals surface area contributed by atoms with Gasteiger partial charge in [-0.3, -0.25) is 14.4 Å². The quantitative estimate of drug-likeness (QED) is 0.117. The van der Waals surface area contributed by atoms with Gasteiger partial charge in [-0.1, -0.05) is 76.7 Å². The van der Waals surface area contributed by atoms with Crippen molar-refractivity contribution in [1.82, 2.24) is 0 Å². The Balaban J connectivity index is 1.50. The summed E-state index contributed by atoms with van der Waals surface area (Å²) in [4.78, 5) is 54.0. The van der Waals surface area contributed by atoms with Crippen molar-refractivity contribution >= 4 is 75.7 Å². The number of ketones is 1. The Labute approximate surface area is 254 Å². The molecule has 0 radical (unpaired) electrons. The predicted octanol–water partition coefficient (Wildman–Crippen LogP) is 7.89. The molecule has 0 fully saturated rings. The zero-order chi connectivity index (χ0) is 29.4. The number of nitrogens with zero attached hydrogens (tertiary/aromatic N) is 1. The number of rotatable bonds is 7. The van der Waals surface area contributed by atoms with Crippen LogP contribution in [0.3, 0.4) is 0 Å². The number of amides is 2. The zero-order valence-electron chi connectivity index (χ0n) is 21.0. The standard InChI is InChI=1S/C30H17Cl4NO6/c1-40-25-14-24(35-28(37)18-11-21(32)22(33)12-19(18)29(35)38)23(34)13-20(25)30(39)41-27(16-5-3-2-4-6-16)26(36)15-7-9-17(31)10-8-15/h2-14,27H,1H3/t27-/m0/s1. The van der Waals surface area contributed by atoms with E-state index in [4.69, 9.17) is 55.9 Å². The molecule has 0 bridgehead atoms. The molecule has 2 amide bonds. The first-order chi connectivity index (χ1) is 19.6. The summed E-state index contributed by atoms with van der Waals surface area (Å²) < 4.78 is 11.1. The van der Waals surface area contributed by atoms with Crippen molar-refractivity contribution in [2.75, 3.05) is 12.0 Å². The lowest BCUT2D eigenvalue weighted by atomic mass is 9.99. The molecule has 0 saturated heterocycles. The molecule has 0 unspecified atom stereocenters. The molecule has 4 aromatic rings. The van der Waals surface area contributed by atoms with Crippen molar-refractivity contribution < 1.29 is 28.7 Å². The van der Waals surface area contributed by atoms with E-state index in [1.165, 1.54) is 43.5 Å². The number of fused-ring (bicyclic) bond motifs is 1. The third-order valence-electron chi connectivity index (χ3n) is 6.35. The molecule has 0 spiro atoms. The molecular weight excluding hydrogens is 612 g/mol. The van der Waals surface area contributed by atoms with E-state index in [0.29, 0.717) is 10.6 Å². The van der Waals surface area contributed by atoms with Gasteiger partial charge >= 0.3 is 5.97 Å². The zero-order valence-corrected chi connectivity index (χ0v) is 24.0. The molecule has 5 rings (SSSR count). The number of Topliss-reactive ketones (excluding diaryl/α,β-unsaturated/α-hetero) is 1. The summed E-state index contributed by atoms with van der Waals surface area (Å²) in [6.07, 6.45) is -1.31. The molecule has 1 atom stereocenters. The van der Waals surface area contributed by atoms with Gasteiger partial charge in [-0.05, 0) is 42.5 Å². The summed E-state index contributed by atoms with van der Waals surface area (Å²) >= 11 is 24.6. The average molecular weight is 629 g/mol. The van der Waals surface area contributed by atoms with Crippen molar-refractivity contribution in [2.45, 2.75) is 6.10 Å². The summed E-state index contributed by atoms with van der Waals surface area (Å²) in [6, 6.07) is 19.7. The van der Waals surface area contributed by atoms with E-state index < -0.39 is 29.7 Å². The Morgan fingerprint density at radius 3 is 1.90 bits per heavy atom. The van der Waals surface area contributed by atoms with E-state index in [1.54, 1.807) is 42.5 Å². The van der Waals surface area contributed by atoms with Crippen LogP contribution in [0, 0.1) is 0 Å². The molecule has 0 aliphatic carbocycles. The molecular formula is C30H17Cl4NO6. The van der Waals surface area contributed by atoms with Gasteiger partial charge in [0.1, 0.15) is 11.3 Å². The fourth-order valence-corrected chi connectivity index (χ4v) is 5.03. The van der Waals surface area contributed by atoms with Crippen molar-refractivity contribution in [3.8, 4) is 5.75 Å². The molecule has 0 N–H and O–H groups in total. The lowest BCUT2D eigenvalue weighted by molar-refractivity contribution is 0.0277. The van der Waals surface area contributed by atoms with Crippen LogP contribution in [0.15, 0.2) is 78.9 Å². The van der Waals surface area contributed by atoms with E-state index >= 15 is 0 Å². The van der Waals surface area contributed by atoms with Gasteiger partial charge < -0.3 is 9.47 Å². The number of hydrogen-bond donors (Lipinski definition) is 0. The molecule has 7 nitrogen and oxygen atoms in total. The maximum absolute atomic E-state index is 13.5. The van der Waals surface area contributed by atoms with Crippen molar-refractivity contribution in [3.05, 3.63) is 127 Å². The summed E-state index contributed by atoms with van der Waals surface area (Å²) in [7, 11) is 1.29. The molecule has 1 aliphatic heterocycles. The van der Waals surface area contributed by atoms with Gasteiger partial charge in [0.05, 0.1) is 39.0 Å². The first-order valence-electron chi connectivity index (χ1n) is 11.9. The van der Waals surface area contributed by atoms with E-state index in [0.717, 1.165) is 4.90 Å². The highest BCUT2D eigenvalue weighted by molar-refractivity contribution is 6.45. The molecule has 206 valence electrons. The SMILES string of the molecule is COc1cc(N2C(=O)c3cc(Cl)c(Cl)cc3C2=O)c(Cl)cc1C(=O)O[C@H](C(=O)c1ccc(Cl)cc1)c1ccccc1. The van der Waals surface area contributed by atoms with Crippen LogP contribution in [-0.2, 0) is 4.74 Å². The number of carbonyl (C=O) groups is 4. The van der Waals surface area contributed by atoms with Crippen LogP contribution in [0.4, 0.5) is 5.69 Å². The van der Waals surface area contributed by atoms with Crippen LogP contribution in [0.2, 0.25) is 20.1 Å². The van der Waals surface area contributed by atoms with E-state index in [1.807, 2.05) is 0 Å². The third kappa shape index (κ3) is 5.42. The summed E-state index contributed by atoms with van der Waals surface area (Å²) in [5, 5.41) is 0.538. The molecule has 11 heteroatoms. The second-order valence-electron chi connectivity index (χ2n) is 8.83. The van der Waals surface area contributed by atoms with Gasteiger partial charge in [0.2, 0.25) is 5.78 Å². The highest BCUT2D eigenvalue weighted by Gasteiger charge is 2.39. The van der Waals surface area contributed by atoms with E-state index in [-0.39, 0.29) is 48.8 Å². The van der Waals surface area contributed by atoms with Crippen LogP contribution in [-0.4, -0.2) is 30.7 Å². The minimum atomic E-state index is -1.31. The van der Waals surface area contributed by atoms with E-state index in [2.05, 4.69) is 0 Å². The monoisotopic (exact) mass is 627 g/mol. The number of ether oxygens (including phenoxy) is 2. The highest BCUT2D eigenvalue weighted by atomic mass is 35.5. The van der Waals surface area contributed by atoms with Crippen LogP contribution >= 0.6 is 46.4 Å². The smallest absolute Gasteiger partial charge is 0.343 e. The fraction of sp³-hybridized carbons (Fsp3) is 0.0667. The molecule has 1 heterocycles. The summed E-state index contributed by atoms with van der Waals surface area (Å²) in [5.41, 5.74) is 0.654. The van der Waals surface area contributed by atoms with Gasteiger partial charge in [-0.2, -0.15) is 0 Å². The predicted molar refractivity (Wildman–Crippen MR) is 156 cm³/mol. The Hall–Kier alpha value is -3.88. The highest BCUT2D eigenvalue weighted by Crippen LogP contribution is 2.40. The van der Waals surface area contributed by atoms with Crippen molar-refractivity contribution in [2.24, 2.45) is 0 Å². The Kier molecular flexibility index (Phi) is 8.07.